The van der Waals surface area contributed by atoms with Gasteiger partial charge in [-0.05, 0) is 74.4 Å². The molecule has 0 aromatic heterocycles. The largest absolute Gasteiger partial charge is 0.457 e. The van der Waals surface area contributed by atoms with E-state index in [1.165, 1.54) is 6.92 Å². The van der Waals surface area contributed by atoms with E-state index in [2.05, 4.69) is 10.6 Å². The maximum absolute atomic E-state index is 12.5. The Balaban J connectivity index is 1.30. The zero-order valence-electron chi connectivity index (χ0n) is 18.1. The van der Waals surface area contributed by atoms with Gasteiger partial charge in [-0.1, -0.05) is 24.3 Å². The first kappa shape index (κ1) is 22.1. The van der Waals surface area contributed by atoms with Crippen LogP contribution in [0, 0.1) is 5.92 Å². The van der Waals surface area contributed by atoms with E-state index in [-0.39, 0.29) is 17.4 Å². The highest BCUT2D eigenvalue weighted by atomic mass is 16.5. The average molecular weight is 444 g/mol. The number of amides is 2. The molecule has 0 bridgehead atoms. The van der Waals surface area contributed by atoms with Crippen LogP contribution in [-0.4, -0.2) is 23.9 Å². The van der Waals surface area contributed by atoms with Crippen LogP contribution in [0.2, 0.25) is 0 Å². The SMILES string of the molecule is CC(OC(=O)c1cccc(NC(=O)C2CC2)c1)C(=O)Nc1ccc(Oc2ccccc2)cc1. The molecule has 1 fully saturated rings. The summed E-state index contributed by atoms with van der Waals surface area (Å²) < 4.78 is 11.0. The fourth-order valence-corrected chi connectivity index (χ4v) is 3.07. The van der Waals surface area contributed by atoms with E-state index < -0.39 is 18.0 Å². The van der Waals surface area contributed by atoms with Crippen LogP contribution in [-0.2, 0) is 14.3 Å². The van der Waals surface area contributed by atoms with Crippen molar-refractivity contribution in [2.45, 2.75) is 25.9 Å². The Bertz CT molecular complexity index is 1140. The maximum atomic E-state index is 12.5. The molecule has 33 heavy (non-hydrogen) atoms. The number of benzene rings is 3. The van der Waals surface area contributed by atoms with Crippen molar-refractivity contribution in [3.8, 4) is 11.5 Å². The maximum Gasteiger partial charge on any atom is 0.338 e. The molecule has 1 saturated carbocycles. The van der Waals surface area contributed by atoms with Gasteiger partial charge in [0.25, 0.3) is 5.91 Å². The highest BCUT2D eigenvalue weighted by Gasteiger charge is 2.29. The first-order valence-electron chi connectivity index (χ1n) is 10.7. The van der Waals surface area contributed by atoms with Gasteiger partial charge in [-0.2, -0.15) is 0 Å². The van der Waals surface area contributed by atoms with E-state index in [9.17, 15) is 14.4 Å². The average Bonchev–Trinajstić information content (AvgIpc) is 3.67. The molecule has 168 valence electrons. The Labute approximate surface area is 191 Å². The quantitative estimate of drug-likeness (QED) is 0.476. The summed E-state index contributed by atoms with van der Waals surface area (Å²) in [5, 5.41) is 5.51. The molecule has 0 radical (unpaired) electrons. The molecular formula is C26H24N2O5. The molecule has 3 aromatic rings. The predicted octanol–water partition coefficient (Wildman–Crippen LogP) is 5.01. The molecule has 2 N–H and O–H groups in total. The van der Waals surface area contributed by atoms with Gasteiger partial charge in [-0.15, -0.1) is 0 Å². The molecule has 0 heterocycles. The fraction of sp³-hybridized carbons (Fsp3) is 0.192. The third-order valence-corrected chi connectivity index (χ3v) is 5.07. The van der Waals surface area contributed by atoms with Crippen LogP contribution in [0.1, 0.15) is 30.1 Å². The molecule has 7 heteroatoms. The van der Waals surface area contributed by atoms with Gasteiger partial charge in [0, 0.05) is 17.3 Å². The Kier molecular flexibility index (Phi) is 6.69. The second-order valence-electron chi connectivity index (χ2n) is 7.82. The van der Waals surface area contributed by atoms with Gasteiger partial charge in [0.2, 0.25) is 5.91 Å². The van der Waals surface area contributed by atoms with Crippen LogP contribution in [0.4, 0.5) is 11.4 Å². The second kappa shape index (κ2) is 9.99. The smallest absolute Gasteiger partial charge is 0.338 e. The van der Waals surface area contributed by atoms with E-state index in [4.69, 9.17) is 9.47 Å². The summed E-state index contributed by atoms with van der Waals surface area (Å²) in [7, 11) is 0. The second-order valence-corrected chi connectivity index (χ2v) is 7.82. The number of ether oxygens (including phenoxy) is 2. The van der Waals surface area contributed by atoms with Crippen molar-refractivity contribution in [2.75, 3.05) is 10.6 Å². The molecule has 2 amide bonds. The van der Waals surface area contributed by atoms with Gasteiger partial charge in [0.15, 0.2) is 6.10 Å². The summed E-state index contributed by atoms with van der Waals surface area (Å²) in [5.74, 6) is 0.250. The standard InChI is InChI=1S/C26H24N2O5/c1-17(32-26(31)19-6-5-7-21(16-19)28-25(30)18-10-11-18)24(29)27-20-12-14-23(15-13-20)33-22-8-3-2-4-9-22/h2-9,12-18H,10-11H2,1H3,(H,27,29)(H,28,30). The first-order valence-corrected chi connectivity index (χ1v) is 10.7. The summed E-state index contributed by atoms with van der Waals surface area (Å²) in [4.78, 5) is 36.9. The molecule has 1 atom stereocenters. The van der Waals surface area contributed by atoms with Crippen LogP contribution < -0.4 is 15.4 Å². The zero-order valence-corrected chi connectivity index (χ0v) is 18.1. The molecule has 1 aliphatic carbocycles. The molecule has 0 spiro atoms. The Morgan fingerprint density at radius 2 is 1.52 bits per heavy atom. The van der Waals surface area contributed by atoms with E-state index in [1.54, 1.807) is 48.5 Å². The number of carbonyl (C=O) groups is 3. The molecule has 7 nitrogen and oxygen atoms in total. The van der Waals surface area contributed by atoms with Crippen molar-refractivity contribution >= 4 is 29.2 Å². The van der Waals surface area contributed by atoms with Crippen LogP contribution >= 0.6 is 0 Å². The summed E-state index contributed by atoms with van der Waals surface area (Å²) >= 11 is 0. The Morgan fingerprint density at radius 1 is 0.818 bits per heavy atom. The number of para-hydroxylation sites is 1. The molecule has 1 aliphatic rings. The van der Waals surface area contributed by atoms with Gasteiger partial charge in [0.05, 0.1) is 5.56 Å². The Hall–Kier alpha value is -4.13. The van der Waals surface area contributed by atoms with Gasteiger partial charge in [-0.25, -0.2) is 4.79 Å². The summed E-state index contributed by atoms with van der Waals surface area (Å²) in [5.41, 5.74) is 1.33. The fourth-order valence-electron chi connectivity index (χ4n) is 3.07. The molecule has 3 aromatic carbocycles. The summed E-state index contributed by atoms with van der Waals surface area (Å²) in [6, 6.07) is 22.7. The number of hydrogen-bond donors (Lipinski definition) is 2. The predicted molar refractivity (Wildman–Crippen MR) is 124 cm³/mol. The molecule has 4 rings (SSSR count). The minimum Gasteiger partial charge on any atom is -0.457 e. The number of rotatable bonds is 8. The van der Waals surface area contributed by atoms with E-state index in [1.807, 2.05) is 30.3 Å². The lowest BCUT2D eigenvalue weighted by Crippen LogP contribution is -2.30. The van der Waals surface area contributed by atoms with E-state index in [0.717, 1.165) is 12.8 Å². The monoisotopic (exact) mass is 444 g/mol. The van der Waals surface area contributed by atoms with E-state index >= 15 is 0 Å². The number of esters is 1. The lowest BCUT2D eigenvalue weighted by atomic mass is 10.2. The van der Waals surface area contributed by atoms with Crippen LogP contribution in [0.3, 0.4) is 0 Å². The third kappa shape index (κ3) is 6.20. The van der Waals surface area contributed by atoms with Crippen molar-refractivity contribution in [1.29, 1.82) is 0 Å². The molecule has 0 saturated heterocycles. The summed E-state index contributed by atoms with van der Waals surface area (Å²) in [6.45, 7) is 1.50. The normalized spacial score (nSPS) is 13.5. The number of nitrogens with one attached hydrogen (secondary N) is 2. The Morgan fingerprint density at radius 3 is 2.21 bits per heavy atom. The van der Waals surface area contributed by atoms with Gasteiger partial charge in [-0.3, -0.25) is 9.59 Å². The number of carbonyl (C=O) groups excluding carboxylic acids is 3. The zero-order chi connectivity index (χ0) is 23.2. The van der Waals surface area contributed by atoms with Crippen molar-refractivity contribution < 1.29 is 23.9 Å². The lowest BCUT2D eigenvalue weighted by Gasteiger charge is -2.14. The topological polar surface area (TPSA) is 93.7 Å². The molecule has 1 unspecified atom stereocenters. The van der Waals surface area contributed by atoms with Crippen molar-refractivity contribution in [2.24, 2.45) is 5.92 Å². The number of hydrogen-bond acceptors (Lipinski definition) is 5. The van der Waals surface area contributed by atoms with Crippen LogP contribution in [0.5, 0.6) is 11.5 Å². The van der Waals surface area contributed by atoms with Crippen LogP contribution in [0.25, 0.3) is 0 Å². The highest BCUT2D eigenvalue weighted by molar-refractivity contribution is 5.99. The van der Waals surface area contributed by atoms with Gasteiger partial charge >= 0.3 is 5.97 Å². The molecule has 0 aliphatic heterocycles. The van der Waals surface area contributed by atoms with Gasteiger partial charge < -0.3 is 20.1 Å². The van der Waals surface area contributed by atoms with Crippen molar-refractivity contribution in [3.05, 3.63) is 84.4 Å². The van der Waals surface area contributed by atoms with Crippen molar-refractivity contribution in [1.82, 2.24) is 0 Å². The van der Waals surface area contributed by atoms with Crippen LogP contribution in [0.15, 0.2) is 78.9 Å². The number of anilines is 2. The van der Waals surface area contributed by atoms with Gasteiger partial charge in [0.1, 0.15) is 11.5 Å². The summed E-state index contributed by atoms with van der Waals surface area (Å²) in [6.07, 6.45) is 0.772. The van der Waals surface area contributed by atoms with Crippen molar-refractivity contribution in [3.63, 3.8) is 0 Å². The van der Waals surface area contributed by atoms with E-state index in [0.29, 0.717) is 22.9 Å². The minimum atomic E-state index is -1.01. The highest BCUT2D eigenvalue weighted by Crippen LogP contribution is 2.30. The minimum absolute atomic E-state index is 0.0477. The third-order valence-electron chi connectivity index (χ3n) is 5.07. The first-order chi connectivity index (χ1) is 16.0. The lowest BCUT2D eigenvalue weighted by molar-refractivity contribution is -0.123. The molecular weight excluding hydrogens is 420 g/mol.